The Morgan fingerprint density at radius 1 is 0.550 bits per heavy atom. The van der Waals surface area contributed by atoms with Gasteiger partial charge < -0.3 is 19.9 Å². The fraction of sp³-hybridized carbons (Fsp3) is 0. The summed E-state index contributed by atoms with van der Waals surface area (Å²) in [5.41, 5.74) is 5.00. The summed E-state index contributed by atoms with van der Waals surface area (Å²) in [6.07, 6.45) is 0. The number of hydrogen-bond donors (Lipinski definition) is 3. The van der Waals surface area contributed by atoms with Gasteiger partial charge >= 0.3 is 0 Å². The van der Waals surface area contributed by atoms with Gasteiger partial charge in [-0.25, -0.2) is 0 Å². The Bertz CT molecular complexity index is 2300. The van der Waals surface area contributed by atoms with Crippen LogP contribution in [-0.2, 0) is 0 Å². The van der Waals surface area contributed by atoms with Crippen LogP contribution in [-0.4, -0.2) is 27.7 Å². The summed E-state index contributed by atoms with van der Waals surface area (Å²) in [4.78, 5) is 0. The fourth-order valence-corrected chi connectivity index (χ4v) is 7.38. The van der Waals surface area contributed by atoms with Gasteiger partial charge in [0.1, 0.15) is 13.6 Å². The van der Waals surface area contributed by atoms with E-state index >= 15 is 0 Å². The Kier molecular flexibility index (Phi) is 4.76. The highest BCUT2D eigenvalue weighted by Gasteiger charge is 2.26. The molecule has 0 spiro atoms. The molecule has 0 amide bonds. The summed E-state index contributed by atoms with van der Waals surface area (Å²) in [5.74, 6) is -1.05. The van der Waals surface area contributed by atoms with Crippen LogP contribution in [0.1, 0.15) is 0 Å². The lowest BCUT2D eigenvalue weighted by Gasteiger charge is -2.11. The highest BCUT2D eigenvalue weighted by molar-refractivity contribution is 7.27. The van der Waals surface area contributed by atoms with E-state index in [1.807, 2.05) is 48.5 Å². The summed E-state index contributed by atoms with van der Waals surface area (Å²) >= 11 is 1.37. The summed E-state index contributed by atoms with van der Waals surface area (Å²) in [5, 5.41) is 38.0. The van der Waals surface area contributed by atoms with Crippen LogP contribution in [0.4, 0.5) is 0 Å². The normalized spacial score (nSPS) is 11.9. The van der Waals surface area contributed by atoms with Gasteiger partial charge in [-0.05, 0) is 34.8 Å². The largest absolute Gasteiger partial charge is 0.507 e. The molecule has 0 fully saturated rings. The summed E-state index contributed by atoms with van der Waals surface area (Å²) in [6.45, 7) is 0. The molecule has 40 heavy (non-hydrogen) atoms. The van der Waals surface area contributed by atoms with Crippen LogP contribution >= 0.6 is 11.3 Å². The summed E-state index contributed by atoms with van der Waals surface area (Å²) in [7, 11) is 5.98. The Labute approximate surface area is 234 Å². The second-order valence-corrected chi connectivity index (χ2v) is 11.0. The van der Waals surface area contributed by atoms with Gasteiger partial charge in [-0.3, -0.25) is 0 Å². The molecule has 0 saturated heterocycles. The maximum absolute atomic E-state index is 11.2. The SMILES string of the molecule is [B]c1c(O)c(O)c2c(sc3c4ccccc4c4c(c5ccc(-c6ccccc6)cc5n4-c4ccccc4)c32)c1O. The van der Waals surface area contributed by atoms with Gasteiger partial charge in [-0.2, -0.15) is 0 Å². The van der Waals surface area contributed by atoms with Gasteiger partial charge in [0.15, 0.2) is 11.5 Å². The van der Waals surface area contributed by atoms with E-state index in [2.05, 4.69) is 59.2 Å². The first-order valence-corrected chi connectivity index (χ1v) is 13.7. The monoisotopic (exact) mass is 533 g/mol. The standard InChI is InChI=1S/C34H20BNO3S/c35-28-31(38)30(37)27-26-25-23-16-15-19(18-9-3-1-4-10-18)17-24(23)36(20-11-5-2-6-12-20)29(25)21-13-7-8-14-22(21)33(26)40-34(27)32(28)39/h1-17,37-39H. The van der Waals surface area contributed by atoms with Gasteiger partial charge in [-0.1, -0.05) is 84.9 Å². The number of hydrogen-bond acceptors (Lipinski definition) is 4. The smallest absolute Gasteiger partial charge is 0.166 e. The van der Waals surface area contributed by atoms with Crippen LogP contribution in [0, 0.1) is 0 Å². The third-order valence-corrected chi connectivity index (χ3v) is 9.09. The molecular weight excluding hydrogens is 513 g/mol. The summed E-state index contributed by atoms with van der Waals surface area (Å²) in [6, 6.07) is 35.2. The quantitative estimate of drug-likeness (QED) is 0.120. The minimum Gasteiger partial charge on any atom is -0.507 e. The highest BCUT2D eigenvalue weighted by atomic mass is 32.1. The van der Waals surface area contributed by atoms with Crippen LogP contribution in [0.25, 0.3) is 69.6 Å². The van der Waals surface area contributed by atoms with Crippen molar-refractivity contribution in [3.05, 3.63) is 103 Å². The third-order valence-electron chi connectivity index (χ3n) is 7.86. The predicted octanol–water partition coefficient (Wildman–Crippen LogP) is 7.88. The first-order chi connectivity index (χ1) is 19.5. The van der Waals surface area contributed by atoms with Gasteiger partial charge in [0, 0.05) is 37.3 Å². The van der Waals surface area contributed by atoms with Crippen molar-refractivity contribution >= 4 is 77.4 Å². The van der Waals surface area contributed by atoms with E-state index in [9.17, 15) is 15.3 Å². The maximum atomic E-state index is 11.2. The molecule has 0 aliphatic rings. The van der Waals surface area contributed by atoms with Gasteiger partial charge in [0.05, 0.1) is 21.1 Å². The first kappa shape index (κ1) is 23.0. The molecule has 6 heteroatoms. The lowest BCUT2D eigenvalue weighted by Crippen LogP contribution is -2.03. The van der Waals surface area contributed by atoms with Crippen molar-refractivity contribution in [2.45, 2.75) is 0 Å². The molecule has 0 atom stereocenters. The fourth-order valence-electron chi connectivity index (χ4n) is 6.07. The molecule has 0 aliphatic carbocycles. The third kappa shape index (κ3) is 2.97. The van der Waals surface area contributed by atoms with Crippen molar-refractivity contribution in [1.82, 2.24) is 4.57 Å². The predicted molar refractivity (Wildman–Crippen MR) is 167 cm³/mol. The lowest BCUT2D eigenvalue weighted by molar-refractivity contribution is 0.407. The van der Waals surface area contributed by atoms with Gasteiger partial charge in [-0.15, -0.1) is 11.3 Å². The molecule has 0 unspecified atom stereocenters. The van der Waals surface area contributed by atoms with Crippen LogP contribution in [0.15, 0.2) is 103 Å². The van der Waals surface area contributed by atoms with E-state index in [0.29, 0.717) is 10.1 Å². The van der Waals surface area contributed by atoms with Crippen molar-refractivity contribution in [3.63, 3.8) is 0 Å². The number of nitrogens with zero attached hydrogens (tertiary/aromatic N) is 1. The molecule has 4 nitrogen and oxygen atoms in total. The number of rotatable bonds is 2. The molecule has 0 bridgehead atoms. The number of phenolic OH excluding ortho intramolecular Hbond substituents is 3. The van der Waals surface area contributed by atoms with E-state index in [0.717, 1.165) is 59.5 Å². The second-order valence-electron chi connectivity index (χ2n) is 10.0. The van der Waals surface area contributed by atoms with Gasteiger partial charge in [0.25, 0.3) is 0 Å². The Hall–Kier alpha value is -4.94. The van der Waals surface area contributed by atoms with Crippen LogP contribution < -0.4 is 5.46 Å². The Balaban J connectivity index is 1.70. The lowest BCUT2D eigenvalue weighted by atomic mass is 9.91. The Morgan fingerprint density at radius 3 is 1.98 bits per heavy atom. The number of phenols is 3. The number of thiophene rings is 1. The van der Waals surface area contributed by atoms with Crippen molar-refractivity contribution in [2.24, 2.45) is 0 Å². The molecule has 2 aromatic heterocycles. The van der Waals surface area contributed by atoms with Crippen molar-refractivity contribution in [2.75, 3.05) is 0 Å². The molecule has 6 aromatic carbocycles. The molecule has 2 radical (unpaired) electrons. The van der Waals surface area contributed by atoms with Crippen molar-refractivity contribution < 1.29 is 15.3 Å². The van der Waals surface area contributed by atoms with E-state index in [4.69, 9.17) is 7.85 Å². The van der Waals surface area contributed by atoms with Crippen LogP contribution in [0.2, 0.25) is 0 Å². The number of aromatic hydroxyl groups is 3. The topological polar surface area (TPSA) is 65.6 Å². The molecule has 8 aromatic rings. The minimum atomic E-state index is -0.510. The average Bonchev–Trinajstić information content (AvgIpc) is 3.57. The van der Waals surface area contributed by atoms with E-state index in [1.165, 1.54) is 11.3 Å². The number of benzene rings is 6. The second kappa shape index (κ2) is 8.28. The van der Waals surface area contributed by atoms with E-state index < -0.39 is 5.75 Å². The van der Waals surface area contributed by atoms with Crippen molar-refractivity contribution in [3.8, 4) is 34.1 Å². The molecule has 0 aliphatic heterocycles. The molecule has 188 valence electrons. The Morgan fingerprint density at radius 2 is 1.23 bits per heavy atom. The zero-order chi connectivity index (χ0) is 27.1. The number of aromatic nitrogens is 1. The molecule has 0 saturated carbocycles. The first-order valence-electron chi connectivity index (χ1n) is 12.9. The molecular formula is C34H20BNO3S. The zero-order valence-electron chi connectivity index (χ0n) is 21.1. The van der Waals surface area contributed by atoms with E-state index in [1.54, 1.807) is 0 Å². The number of para-hydroxylation sites is 1. The van der Waals surface area contributed by atoms with Crippen LogP contribution in [0.3, 0.4) is 0 Å². The van der Waals surface area contributed by atoms with Gasteiger partial charge in [0.2, 0.25) is 0 Å². The van der Waals surface area contributed by atoms with Crippen molar-refractivity contribution in [1.29, 1.82) is 0 Å². The molecule has 3 N–H and O–H groups in total. The molecule has 2 heterocycles. The van der Waals surface area contributed by atoms with E-state index in [-0.39, 0.29) is 17.0 Å². The summed E-state index contributed by atoms with van der Waals surface area (Å²) < 4.78 is 3.63. The minimum absolute atomic E-state index is 0.220. The number of fused-ring (bicyclic) bond motifs is 10. The average molecular weight is 533 g/mol. The van der Waals surface area contributed by atoms with Crippen LogP contribution in [0.5, 0.6) is 17.2 Å². The molecule has 8 rings (SSSR count). The zero-order valence-corrected chi connectivity index (χ0v) is 21.9. The maximum Gasteiger partial charge on any atom is 0.166 e. The highest BCUT2D eigenvalue weighted by Crippen LogP contribution is 2.53.